The number of benzene rings is 2. The minimum absolute atomic E-state index is 0.0248. The number of anilines is 1. The van der Waals surface area contributed by atoms with E-state index in [1.807, 2.05) is 6.92 Å². The van der Waals surface area contributed by atoms with Crippen molar-refractivity contribution >= 4 is 35.0 Å². The van der Waals surface area contributed by atoms with Crippen LogP contribution in [0.3, 0.4) is 0 Å². The predicted octanol–water partition coefficient (Wildman–Crippen LogP) is 5.27. The number of rotatable bonds is 5. The van der Waals surface area contributed by atoms with E-state index >= 15 is 0 Å². The highest BCUT2D eigenvalue weighted by molar-refractivity contribution is 8.00. The topological polar surface area (TPSA) is 59.8 Å². The monoisotopic (exact) mass is 440 g/mol. The molecule has 0 bridgehead atoms. The van der Waals surface area contributed by atoms with Crippen LogP contribution in [0.2, 0.25) is 5.02 Å². The second kappa shape index (κ2) is 8.46. The van der Waals surface area contributed by atoms with Crippen molar-refractivity contribution in [2.24, 2.45) is 7.05 Å². The summed E-state index contributed by atoms with van der Waals surface area (Å²) in [5, 5.41) is 9.22. The van der Waals surface area contributed by atoms with Crippen molar-refractivity contribution in [3.8, 4) is 0 Å². The third kappa shape index (κ3) is 4.91. The summed E-state index contributed by atoms with van der Waals surface area (Å²) in [7, 11) is 1.21. The summed E-state index contributed by atoms with van der Waals surface area (Å²) >= 11 is 6.99. The van der Waals surface area contributed by atoms with Gasteiger partial charge in [0.25, 0.3) is 0 Å². The Morgan fingerprint density at radius 2 is 1.86 bits per heavy atom. The Hall–Kier alpha value is -2.52. The maximum absolute atomic E-state index is 13.0. The molecule has 0 aliphatic rings. The summed E-state index contributed by atoms with van der Waals surface area (Å²) in [6.07, 6.45) is -4.64. The summed E-state index contributed by atoms with van der Waals surface area (Å²) in [4.78, 5) is 13.0. The van der Waals surface area contributed by atoms with Gasteiger partial charge in [-0.3, -0.25) is 4.79 Å². The minimum Gasteiger partial charge on any atom is -0.325 e. The predicted molar refractivity (Wildman–Crippen MR) is 106 cm³/mol. The number of carbonyl (C=O) groups excluding carboxylic acids is 1. The van der Waals surface area contributed by atoms with Gasteiger partial charge in [0.2, 0.25) is 11.7 Å². The van der Waals surface area contributed by atoms with Gasteiger partial charge in [0.15, 0.2) is 5.16 Å². The van der Waals surface area contributed by atoms with Crippen LogP contribution in [-0.4, -0.2) is 20.7 Å². The Kier molecular flexibility index (Phi) is 6.18. The molecule has 10 heteroatoms. The van der Waals surface area contributed by atoms with Gasteiger partial charge in [-0.1, -0.05) is 59.8 Å². The Labute approximate surface area is 174 Å². The fourth-order valence-electron chi connectivity index (χ4n) is 2.55. The third-order valence-electron chi connectivity index (χ3n) is 4.09. The first-order valence-electron chi connectivity index (χ1n) is 8.42. The summed E-state index contributed by atoms with van der Waals surface area (Å²) < 4.78 is 39.9. The zero-order chi connectivity index (χ0) is 21.2. The molecule has 3 rings (SSSR count). The van der Waals surface area contributed by atoms with Crippen molar-refractivity contribution < 1.29 is 18.0 Å². The average molecular weight is 441 g/mol. The second-order valence-corrected chi connectivity index (χ2v) is 7.70. The van der Waals surface area contributed by atoms with Gasteiger partial charge in [-0.15, -0.1) is 10.2 Å². The van der Waals surface area contributed by atoms with Crippen molar-refractivity contribution in [2.45, 2.75) is 23.5 Å². The summed E-state index contributed by atoms with van der Waals surface area (Å²) in [5.41, 5.74) is 1.96. The van der Waals surface area contributed by atoms with Crippen molar-refractivity contribution in [1.29, 1.82) is 0 Å². The van der Waals surface area contributed by atoms with E-state index in [0.29, 0.717) is 16.3 Å². The smallest absolute Gasteiger partial charge is 0.325 e. The zero-order valence-electron chi connectivity index (χ0n) is 15.4. The number of hydrogen-bond donors (Lipinski definition) is 1. The van der Waals surface area contributed by atoms with E-state index in [0.717, 1.165) is 21.9 Å². The minimum atomic E-state index is -4.64. The van der Waals surface area contributed by atoms with Crippen molar-refractivity contribution in [2.75, 3.05) is 5.32 Å². The summed E-state index contributed by atoms with van der Waals surface area (Å²) in [6.45, 7) is 1.84. The Bertz CT molecular complexity index is 1020. The number of nitrogens with one attached hydrogen (secondary N) is 1. The van der Waals surface area contributed by atoms with Crippen molar-refractivity contribution in [3.05, 3.63) is 70.5 Å². The molecule has 152 valence electrons. The molecule has 0 spiro atoms. The van der Waals surface area contributed by atoms with Crippen molar-refractivity contribution in [3.63, 3.8) is 0 Å². The highest BCUT2D eigenvalue weighted by Gasteiger charge is 2.38. The number of thioether (sulfide) groups is 1. The van der Waals surface area contributed by atoms with Gasteiger partial charge in [-0.05, 0) is 30.2 Å². The van der Waals surface area contributed by atoms with Gasteiger partial charge in [-0.25, -0.2) is 0 Å². The van der Waals surface area contributed by atoms with Gasteiger partial charge < -0.3 is 9.88 Å². The van der Waals surface area contributed by atoms with Gasteiger partial charge >= 0.3 is 6.18 Å². The van der Waals surface area contributed by atoms with E-state index < -0.39 is 23.2 Å². The number of alkyl halides is 3. The van der Waals surface area contributed by atoms with Gasteiger partial charge in [0.1, 0.15) is 5.25 Å². The molecule has 0 unspecified atom stereocenters. The van der Waals surface area contributed by atoms with E-state index in [-0.39, 0.29) is 5.16 Å². The van der Waals surface area contributed by atoms with E-state index in [2.05, 4.69) is 15.5 Å². The largest absolute Gasteiger partial charge is 0.451 e. The number of amides is 1. The van der Waals surface area contributed by atoms with Crippen LogP contribution in [0.15, 0.2) is 53.7 Å². The molecule has 1 atom stereocenters. The second-order valence-electron chi connectivity index (χ2n) is 6.22. The molecule has 29 heavy (non-hydrogen) atoms. The maximum Gasteiger partial charge on any atom is 0.451 e. The lowest BCUT2D eigenvalue weighted by atomic mass is 10.1. The summed E-state index contributed by atoms with van der Waals surface area (Å²) in [6, 6.07) is 13.8. The standard InChI is InChI=1S/C19H16ClF3N4OS/c1-11-8-9-13(10-14(11)20)24-16(28)15(12-6-4-3-5-7-12)29-18-26-25-17(27(18)2)19(21,22)23/h3-10,15H,1-2H3,(H,24,28)/t15-/m0/s1. The van der Waals surface area contributed by atoms with Crippen LogP contribution in [0, 0.1) is 6.92 Å². The van der Waals surface area contributed by atoms with Crippen LogP contribution in [-0.2, 0) is 18.0 Å². The molecule has 1 amide bonds. The average Bonchev–Trinajstić information content (AvgIpc) is 3.04. The highest BCUT2D eigenvalue weighted by Crippen LogP contribution is 2.37. The number of nitrogens with zero attached hydrogens (tertiary/aromatic N) is 3. The van der Waals surface area contributed by atoms with E-state index in [1.54, 1.807) is 48.5 Å². The lowest BCUT2D eigenvalue weighted by Gasteiger charge is -2.17. The maximum atomic E-state index is 13.0. The van der Waals surface area contributed by atoms with Gasteiger partial charge in [0, 0.05) is 17.8 Å². The van der Waals surface area contributed by atoms with Crippen LogP contribution in [0.1, 0.15) is 22.2 Å². The van der Waals surface area contributed by atoms with Gasteiger partial charge in [-0.2, -0.15) is 13.2 Å². The molecule has 5 nitrogen and oxygen atoms in total. The first-order valence-corrected chi connectivity index (χ1v) is 9.68. The van der Waals surface area contributed by atoms with E-state index in [4.69, 9.17) is 11.6 Å². The number of hydrogen-bond acceptors (Lipinski definition) is 4. The molecule has 0 saturated heterocycles. The fourth-order valence-corrected chi connectivity index (χ4v) is 3.73. The molecule has 0 aliphatic heterocycles. The van der Waals surface area contributed by atoms with E-state index in [9.17, 15) is 18.0 Å². The van der Waals surface area contributed by atoms with Crippen LogP contribution >= 0.6 is 23.4 Å². The van der Waals surface area contributed by atoms with Crippen LogP contribution in [0.5, 0.6) is 0 Å². The number of aromatic nitrogens is 3. The zero-order valence-corrected chi connectivity index (χ0v) is 16.9. The lowest BCUT2D eigenvalue weighted by molar-refractivity contribution is -0.147. The molecule has 1 aromatic heterocycles. The molecule has 0 saturated carbocycles. The van der Waals surface area contributed by atoms with Crippen LogP contribution in [0.25, 0.3) is 0 Å². The highest BCUT2D eigenvalue weighted by atomic mass is 35.5. The normalized spacial score (nSPS) is 12.6. The molecule has 0 radical (unpaired) electrons. The number of halogens is 4. The van der Waals surface area contributed by atoms with Crippen LogP contribution < -0.4 is 5.32 Å². The number of aryl methyl sites for hydroxylation is 1. The quantitative estimate of drug-likeness (QED) is 0.549. The van der Waals surface area contributed by atoms with Gasteiger partial charge in [0.05, 0.1) is 0 Å². The lowest BCUT2D eigenvalue weighted by Crippen LogP contribution is -2.20. The SMILES string of the molecule is Cc1ccc(NC(=O)[C@@H](Sc2nnc(C(F)(F)F)n2C)c2ccccc2)cc1Cl. The molecule has 0 fully saturated rings. The molecule has 0 aliphatic carbocycles. The fraction of sp³-hybridized carbons (Fsp3) is 0.211. The van der Waals surface area contributed by atoms with E-state index in [1.165, 1.54) is 7.05 Å². The number of carbonyl (C=O) groups is 1. The molecule has 1 N–H and O–H groups in total. The Morgan fingerprint density at radius 1 is 1.17 bits per heavy atom. The first kappa shape index (κ1) is 21.2. The molecule has 2 aromatic carbocycles. The summed E-state index contributed by atoms with van der Waals surface area (Å²) in [5.74, 6) is -1.55. The molecular weight excluding hydrogens is 425 g/mol. The first-order chi connectivity index (χ1) is 13.7. The van der Waals surface area contributed by atoms with Crippen molar-refractivity contribution in [1.82, 2.24) is 14.8 Å². The van der Waals surface area contributed by atoms with Crippen LogP contribution in [0.4, 0.5) is 18.9 Å². The molecule has 1 heterocycles. The Morgan fingerprint density at radius 3 is 2.45 bits per heavy atom. The molecular formula is C19H16ClF3N4OS. The molecule has 3 aromatic rings. The third-order valence-corrected chi connectivity index (χ3v) is 5.79. The Balaban J connectivity index is 1.90.